The quantitative estimate of drug-likeness (QED) is 0.314. The monoisotopic (exact) mass is 580 g/mol. The normalized spacial score (nSPS) is 35.8. The van der Waals surface area contributed by atoms with Crippen LogP contribution >= 0.6 is 0 Å². The van der Waals surface area contributed by atoms with Gasteiger partial charge in [-0.25, -0.2) is 4.79 Å². The van der Waals surface area contributed by atoms with Crippen molar-refractivity contribution >= 4 is 29.7 Å². The maximum absolute atomic E-state index is 14.4. The molecule has 224 valence electrons. The van der Waals surface area contributed by atoms with Crippen LogP contribution in [0.2, 0.25) is 0 Å². The van der Waals surface area contributed by atoms with Crippen molar-refractivity contribution in [2.75, 3.05) is 19.6 Å². The van der Waals surface area contributed by atoms with E-state index in [0.29, 0.717) is 25.9 Å². The highest BCUT2D eigenvalue weighted by atomic mass is 16.6. The van der Waals surface area contributed by atoms with Gasteiger partial charge >= 0.3 is 17.9 Å². The highest BCUT2D eigenvalue weighted by molar-refractivity contribution is 5.99. The van der Waals surface area contributed by atoms with Crippen LogP contribution in [-0.4, -0.2) is 88.3 Å². The fourth-order valence-electron chi connectivity index (χ4n) is 8.27. The minimum absolute atomic E-state index is 0.0555. The number of benzene rings is 1. The molecule has 1 unspecified atom stereocenters. The van der Waals surface area contributed by atoms with Crippen molar-refractivity contribution in [2.24, 2.45) is 22.2 Å². The summed E-state index contributed by atoms with van der Waals surface area (Å²) in [4.78, 5) is 69.8. The minimum atomic E-state index is -1.81. The Kier molecular flexibility index (Phi) is 6.35. The first-order valence-corrected chi connectivity index (χ1v) is 14.4. The Morgan fingerprint density at radius 1 is 1.12 bits per heavy atom. The molecule has 0 aromatic heterocycles. The molecule has 1 N–H and O–H groups in total. The fraction of sp³-hybridized carbons (Fsp3) is 0.581. The van der Waals surface area contributed by atoms with Crippen LogP contribution in [0.4, 0.5) is 0 Å². The Labute approximate surface area is 243 Å². The highest BCUT2D eigenvalue weighted by Gasteiger charge is 2.93. The van der Waals surface area contributed by atoms with Gasteiger partial charge in [0.2, 0.25) is 5.91 Å². The third-order valence-electron chi connectivity index (χ3n) is 10.4. The third kappa shape index (κ3) is 3.52. The van der Waals surface area contributed by atoms with Crippen molar-refractivity contribution in [1.82, 2.24) is 9.80 Å². The van der Waals surface area contributed by atoms with Gasteiger partial charge in [0.15, 0.2) is 12.3 Å². The maximum Gasteiger partial charge on any atom is 0.338 e. The Morgan fingerprint density at radius 3 is 2.40 bits per heavy atom. The van der Waals surface area contributed by atoms with E-state index in [0.717, 1.165) is 0 Å². The lowest BCUT2D eigenvalue weighted by molar-refractivity contribution is -0.212. The molecule has 0 bridgehead atoms. The minimum Gasteiger partial charge on any atom is -0.461 e. The molecule has 6 atom stereocenters. The maximum atomic E-state index is 14.4. The van der Waals surface area contributed by atoms with Crippen molar-refractivity contribution in [1.29, 1.82) is 0 Å². The van der Waals surface area contributed by atoms with Gasteiger partial charge in [-0.05, 0) is 42.4 Å². The molecule has 1 saturated carbocycles. The number of ether oxygens (including phenoxy) is 3. The van der Waals surface area contributed by atoms with E-state index >= 15 is 0 Å². The van der Waals surface area contributed by atoms with Crippen molar-refractivity contribution in [3.8, 4) is 0 Å². The molecule has 5 aliphatic rings. The van der Waals surface area contributed by atoms with E-state index in [1.807, 2.05) is 0 Å². The lowest BCUT2D eigenvalue weighted by Crippen LogP contribution is -2.66. The van der Waals surface area contributed by atoms with Gasteiger partial charge in [-0.3, -0.25) is 19.2 Å². The van der Waals surface area contributed by atoms with Crippen LogP contribution in [-0.2, 0) is 33.4 Å². The molecule has 2 amide bonds. The molecule has 11 heteroatoms. The second-order valence-corrected chi connectivity index (χ2v) is 13.2. The van der Waals surface area contributed by atoms with Crippen LogP contribution in [0.1, 0.15) is 56.8 Å². The molecule has 4 saturated heterocycles. The van der Waals surface area contributed by atoms with Gasteiger partial charge < -0.3 is 29.1 Å². The standard InChI is InChI=1S/C31H36N2O9/c1-5-21(34)32-13-11-18(12-14-32)17-33-24(36)23(41-25(37)19-9-7-6-8-10-19)31-26(33)42-27(38)29(31)16-22(35)40-20(29)15-30(31,39)28(2,3)4/h5-10,18,20,23,26,39H,1,11-17H2,2-4H3/t20-,23-,26-,29-,30+,31?/m0/s1. The molecular formula is C31H36N2O9. The van der Waals surface area contributed by atoms with Crippen LogP contribution < -0.4 is 0 Å². The predicted molar refractivity (Wildman–Crippen MR) is 145 cm³/mol. The summed E-state index contributed by atoms with van der Waals surface area (Å²) in [5.74, 6) is -2.98. The zero-order chi connectivity index (χ0) is 30.2. The van der Waals surface area contributed by atoms with Crippen LogP contribution in [0.5, 0.6) is 0 Å². The first kappa shape index (κ1) is 28.4. The summed E-state index contributed by atoms with van der Waals surface area (Å²) in [6, 6.07) is 8.16. The molecule has 4 heterocycles. The Bertz CT molecular complexity index is 1360. The van der Waals surface area contributed by atoms with E-state index in [2.05, 4.69) is 6.58 Å². The van der Waals surface area contributed by atoms with Crippen molar-refractivity contribution in [2.45, 2.75) is 70.5 Å². The lowest BCUT2D eigenvalue weighted by atomic mass is 9.52. The Balaban J connectivity index is 1.45. The number of hydrogen-bond donors (Lipinski definition) is 1. The molecule has 1 aromatic carbocycles. The smallest absolute Gasteiger partial charge is 0.338 e. The number of amides is 2. The molecule has 1 aliphatic carbocycles. The van der Waals surface area contributed by atoms with E-state index in [9.17, 15) is 29.1 Å². The molecule has 42 heavy (non-hydrogen) atoms. The van der Waals surface area contributed by atoms with Gasteiger partial charge in [0, 0.05) is 26.1 Å². The summed E-state index contributed by atoms with van der Waals surface area (Å²) >= 11 is 0. The van der Waals surface area contributed by atoms with Crippen LogP contribution in [0.25, 0.3) is 0 Å². The first-order valence-electron chi connectivity index (χ1n) is 14.4. The SMILES string of the molecule is C=CC(=O)N1CCC(CN2C(=O)[C@H](OC(=O)c3ccccc3)C34[C@@H]2OC(=O)[C@@]32CC(=O)O[C@H]2C[C@@]4(O)C(C)(C)C)CC1. The van der Waals surface area contributed by atoms with Crippen LogP contribution in [0.15, 0.2) is 43.0 Å². The van der Waals surface area contributed by atoms with Crippen molar-refractivity contribution in [3.05, 3.63) is 48.6 Å². The number of aliphatic hydroxyl groups is 1. The summed E-state index contributed by atoms with van der Waals surface area (Å²) < 4.78 is 17.7. The first-order chi connectivity index (χ1) is 19.8. The number of piperidine rings is 1. The summed E-state index contributed by atoms with van der Waals surface area (Å²) in [5, 5.41) is 12.7. The van der Waals surface area contributed by atoms with Gasteiger partial charge in [-0.1, -0.05) is 45.5 Å². The second-order valence-electron chi connectivity index (χ2n) is 13.2. The lowest BCUT2D eigenvalue weighted by Gasteiger charge is -2.51. The number of carbonyl (C=O) groups is 5. The zero-order valence-corrected chi connectivity index (χ0v) is 24.0. The van der Waals surface area contributed by atoms with E-state index in [1.165, 1.54) is 11.0 Å². The average molecular weight is 581 g/mol. The molecule has 4 aliphatic heterocycles. The number of nitrogens with zero attached hydrogens (tertiary/aromatic N) is 2. The topological polar surface area (TPSA) is 140 Å². The molecular weight excluding hydrogens is 544 g/mol. The molecule has 2 spiro atoms. The number of rotatable bonds is 5. The molecule has 5 fully saturated rings. The molecule has 11 nitrogen and oxygen atoms in total. The largest absolute Gasteiger partial charge is 0.461 e. The number of likely N-dealkylation sites (tertiary alicyclic amines) is 2. The summed E-state index contributed by atoms with van der Waals surface area (Å²) in [7, 11) is 0. The highest BCUT2D eigenvalue weighted by Crippen LogP contribution is 2.76. The van der Waals surface area contributed by atoms with Gasteiger partial charge in [0.05, 0.1) is 17.6 Å². The summed E-state index contributed by atoms with van der Waals surface area (Å²) in [6.45, 7) is 10.0. The summed E-state index contributed by atoms with van der Waals surface area (Å²) in [5.41, 5.74) is -6.10. The fourth-order valence-corrected chi connectivity index (χ4v) is 8.27. The number of hydrogen-bond acceptors (Lipinski definition) is 9. The van der Waals surface area contributed by atoms with Crippen LogP contribution in [0.3, 0.4) is 0 Å². The van der Waals surface area contributed by atoms with Gasteiger partial charge in [-0.2, -0.15) is 0 Å². The van der Waals surface area contributed by atoms with E-state index < -0.39 is 70.5 Å². The van der Waals surface area contributed by atoms with E-state index in [-0.39, 0.29) is 30.4 Å². The Hall–Kier alpha value is -3.73. The average Bonchev–Trinajstić information content (AvgIpc) is 3.57. The number of esters is 3. The molecule has 6 rings (SSSR count). The molecule has 0 radical (unpaired) electrons. The van der Waals surface area contributed by atoms with E-state index in [1.54, 1.807) is 56.0 Å². The predicted octanol–water partition coefficient (Wildman–Crippen LogP) is 1.83. The zero-order valence-electron chi connectivity index (χ0n) is 24.0. The third-order valence-corrected chi connectivity index (χ3v) is 10.4. The van der Waals surface area contributed by atoms with Crippen LogP contribution in [0, 0.1) is 22.2 Å². The number of carbonyl (C=O) groups excluding carboxylic acids is 5. The van der Waals surface area contributed by atoms with Crippen molar-refractivity contribution < 1.29 is 43.3 Å². The second kappa shape index (κ2) is 9.39. The van der Waals surface area contributed by atoms with Crippen molar-refractivity contribution in [3.63, 3.8) is 0 Å². The van der Waals surface area contributed by atoms with Gasteiger partial charge in [-0.15, -0.1) is 0 Å². The molecule has 1 aromatic rings. The van der Waals surface area contributed by atoms with E-state index in [4.69, 9.17) is 14.2 Å². The Morgan fingerprint density at radius 2 is 1.79 bits per heavy atom. The summed E-state index contributed by atoms with van der Waals surface area (Å²) in [6.07, 6.45) is -2.02. The van der Waals surface area contributed by atoms with Gasteiger partial charge in [0.25, 0.3) is 5.91 Å². The van der Waals surface area contributed by atoms with Gasteiger partial charge in [0.1, 0.15) is 16.9 Å².